The van der Waals surface area contributed by atoms with Crippen molar-refractivity contribution < 1.29 is 19.4 Å². The van der Waals surface area contributed by atoms with E-state index in [-0.39, 0.29) is 13.2 Å². The molecule has 1 aromatic rings. The first-order valence-corrected chi connectivity index (χ1v) is 6.61. The summed E-state index contributed by atoms with van der Waals surface area (Å²) in [6, 6.07) is 5.03. The predicted molar refractivity (Wildman–Crippen MR) is 78.9 cm³/mol. The van der Waals surface area contributed by atoms with Crippen LogP contribution >= 0.6 is 11.6 Å². The van der Waals surface area contributed by atoms with Crippen LogP contribution in [0.2, 0.25) is 5.02 Å². The lowest BCUT2D eigenvalue weighted by atomic mass is 10.2. The van der Waals surface area contributed by atoms with Crippen LogP contribution in [0.1, 0.15) is 26.3 Å². The molecular weight excluding hydrogens is 280 g/mol. The lowest BCUT2D eigenvalue weighted by Gasteiger charge is -2.19. The largest absolute Gasteiger partial charge is 0.482 e. The van der Waals surface area contributed by atoms with Crippen molar-refractivity contribution in [2.24, 2.45) is 0 Å². The van der Waals surface area contributed by atoms with Crippen LogP contribution in [0, 0.1) is 0 Å². The van der Waals surface area contributed by atoms with Gasteiger partial charge in [0.2, 0.25) is 0 Å². The Labute approximate surface area is 124 Å². The van der Waals surface area contributed by atoms with E-state index in [4.69, 9.17) is 26.2 Å². The Kier molecular flexibility index (Phi) is 6.05. The molecule has 0 amide bonds. The molecule has 0 heterocycles. The van der Waals surface area contributed by atoms with Crippen LogP contribution in [0.25, 0.3) is 6.08 Å². The first kappa shape index (κ1) is 16.5. The zero-order chi connectivity index (χ0) is 15.2. The number of halogens is 1. The van der Waals surface area contributed by atoms with Crippen molar-refractivity contribution >= 4 is 23.6 Å². The first-order valence-electron chi connectivity index (χ1n) is 6.23. The summed E-state index contributed by atoms with van der Waals surface area (Å²) >= 11 is 6.00. The molecule has 0 unspecified atom stereocenters. The van der Waals surface area contributed by atoms with Crippen LogP contribution in [0.4, 0.5) is 0 Å². The van der Waals surface area contributed by atoms with Gasteiger partial charge in [0.05, 0.1) is 6.61 Å². The number of hydrogen-bond acceptors (Lipinski definition) is 4. The Morgan fingerprint density at radius 1 is 1.40 bits per heavy atom. The number of rotatable bonds is 5. The maximum absolute atomic E-state index is 11.5. The second-order valence-electron chi connectivity index (χ2n) is 5.14. The third-order valence-corrected chi connectivity index (χ3v) is 2.49. The molecule has 0 bridgehead atoms. The predicted octanol–water partition coefficient (Wildman–Crippen LogP) is 3.07. The quantitative estimate of drug-likeness (QED) is 0.849. The van der Waals surface area contributed by atoms with Crippen molar-refractivity contribution in [3.05, 3.63) is 34.9 Å². The van der Waals surface area contributed by atoms with Gasteiger partial charge in [-0.15, -0.1) is 0 Å². The van der Waals surface area contributed by atoms with Gasteiger partial charge >= 0.3 is 5.97 Å². The molecule has 0 aromatic heterocycles. The van der Waals surface area contributed by atoms with Gasteiger partial charge in [0.15, 0.2) is 6.61 Å². The zero-order valence-electron chi connectivity index (χ0n) is 11.9. The summed E-state index contributed by atoms with van der Waals surface area (Å²) in [6.07, 6.45) is 3.25. The van der Waals surface area contributed by atoms with Gasteiger partial charge in [-0.05, 0) is 44.5 Å². The number of carbonyl (C=O) groups excluding carboxylic acids is 1. The van der Waals surface area contributed by atoms with Gasteiger partial charge in [-0.2, -0.15) is 0 Å². The van der Waals surface area contributed by atoms with E-state index in [1.807, 2.05) is 0 Å². The number of aliphatic hydroxyl groups is 1. The molecule has 0 atom stereocenters. The van der Waals surface area contributed by atoms with Crippen molar-refractivity contribution in [1.29, 1.82) is 0 Å². The van der Waals surface area contributed by atoms with Crippen LogP contribution in [-0.2, 0) is 9.53 Å². The van der Waals surface area contributed by atoms with Gasteiger partial charge < -0.3 is 14.6 Å². The van der Waals surface area contributed by atoms with Crippen LogP contribution in [0.15, 0.2) is 24.3 Å². The molecule has 0 saturated carbocycles. The normalized spacial score (nSPS) is 11.7. The molecule has 110 valence electrons. The van der Waals surface area contributed by atoms with Crippen molar-refractivity contribution in [1.82, 2.24) is 0 Å². The smallest absolute Gasteiger partial charge is 0.344 e. The highest BCUT2D eigenvalue weighted by atomic mass is 35.5. The molecule has 0 aliphatic rings. The van der Waals surface area contributed by atoms with Gasteiger partial charge in [-0.3, -0.25) is 0 Å². The average Bonchev–Trinajstić information content (AvgIpc) is 2.34. The SMILES string of the molecule is CC(C)(C)OC(=O)COc1ccc(Cl)c(/C=C/CO)c1. The molecule has 1 N–H and O–H groups in total. The van der Waals surface area contributed by atoms with Gasteiger partial charge in [-0.1, -0.05) is 23.8 Å². The monoisotopic (exact) mass is 298 g/mol. The van der Waals surface area contributed by atoms with Gasteiger partial charge in [0, 0.05) is 5.02 Å². The fourth-order valence-corrected chi connectivity index (χ4v) is 1.61. The summed E-state index contributed by atoms with van der Waals surface area (Å²) < 4.78 is 10.5. The molecule has 0 radical (unpaired) electrons. The number of carbonyl (C=O) groups is 1. The summed E-state index contributed by atoms with van der Waals surface area (Å²) in [5, 5.41) is 9.29. The molecule has 20 heavy (non-hydrogen) atoms. The number of aliphatic hydroxyl groups excluding tert-OH is 1. The van der Waals surface area contributed by atoms with Crippen molar-refractivity contribution in [2.45, 2.75) is 26.4 Å². The fraction of sp³-hybridized carbons (Fsp3) is 0.400. The Morgan fingerprint density at radius 3 is 2.70 bits per heavy atom. The van der Waals surface area contributed by atoms with Crippen LogP contribution in [-0.4, -0.2) is 29.9 Å². The van der Waals surface area contributed by atoms with E-state index in [1.54, 1.807) is 51.1 Å². The molecule has 0 spiro atoms. The molecule has 5 heteroatoms. The Balaban J connectivity index is 2.65. The molecule has 1 rings (SSSR count). The highest BCUT2D eigenvalue weighted by molar-refractivity contribution is 6.32. The second-order valence-corrected chi connectivity index (χ2v) is 5.55. The van der Waals surface area contributed by atoms with Crippen LogP contribution in [0.5, 0.6) is 5.75 Å². The average molecular weight is 299 g/mol. The fourth-order valence-electron chi connectivity index (χ4n) is 1.43. The topological polar surface area (TPSA) is 55.8 Å². The highest BCUT2D eigenvalue weighted by Crippen LogP contribution is 2.23. The molecule has 0 fully saturated rings. The zero-order valence-corrected chi connectivity index (χ0v) is 12.6. The number of esters is 1. The molecule has 4 nitrogen and oxygen atoms in total. The Bertz CT molecular complexity index is 489. The maximum Gasteiger partial charge on any atom is 0.344 e. The number of ether oxygens (including phenoxy) is 2. The van der Waals surface area contributed by atoms with Crippen molar-refractivity contribution in [3.63, 3.8) is 0 Å². The molecule has 0 aliphatic carbocycles. The van der Waals surface area contributed by atoms with E-state index >= 15 is 0 Å². The third-order valence-electron chi connectivity index (χ3n) is 2.15. The van der Waals surface area contributed by atoms with Gasteiger partial charge in [0.25, 0.3) is 0 Å². The lowest BCUT2D eigenvalue weighted by molar-refractivity contribution is -0.157. The molecular formula is C15H19ClO4. The molecule has 1 aromatic carbocycles. The minimum Gasteiger partial charge on any atom is -0.482 e. The van der Waals surface area contributed by atoms with E-state index in [1.165, 1.54) is 0 Å². The van der Waals surface area contributed by atoms with Crippen molar-refractivity contribution in [3.8, 4) is 5.75 Å². The Morgan fingerprint density at radius 2 is 2.10 bits per heavy atom. The minimum atomic E-state index is -0.532. The van der Waals surface area contributed by atoms with E-state index in [0.717, 1.165) is 0 Å². The van der Waals surface area contributed by atoms with Crippen molar-refractivity contribution in [2.75, 3.05) is 13.2 Å². The summed E-state index contributed by atoms with van der Waals surface area (Å²) in [7, 11) is 0. The summed E-state index contributed by atoms with van der Waals surface area (Å²) in [4.78, 5) is 11.5. The van der Waals surface area contributed by atoms with Gasteiger partial charge in [-0.25, -0.2) is 4.79 Å². The van der Waals surface area contributed by atoms with E-state index < -0.39 is 11.6 Å². The van der Waals surface area contributed by atoms with E-state index in [9.17, 15) is 4.79 Å². The second kappa shape index (κ2) is 7.31. The third kappa shape index (κ3) is 6.08. The van der Waals surface area contributed by atoms with Crippen LogP contribution in [0.3, 0.4) is 0 Å². The highest BCUT2D eigenvalue weighted by Gasteiger charge is 2.16. The number of benzene rings is 1. The molecule has 0 aliphatic heterocycles. The van der Waals surface area contributed by atoms with Crippen LogP contribution < -0.4 is 4.74 Å². The maximum atomic E-state index is 11.5. The lowest BCUT2D eigenvalue weighted by Crippen LogP contribution is -2.27. The number of hydrogen-bond donors (Lipinski definition) is 1. The Hall–Kier alpha value is -1.52. The minimum absolute atomic E-state index is 0.0701. The summed E-state index contributed by atoms with van der Waals surface area (Å²) in [6.45, 7) is 5.16. The molecule has 0 saturated heterocycles. The summed E-state index contributed by atoms with van der Waals surface area (Å²) in [5.74, 6) is 0.0812. The van der Waals surface area contributed by atoms with E-state index in [2.05, 4.69) is 0 Å². The first-order chi connectivity index (χ1) is 9.31. The van der Waals surface area contributed by atoms with Gasteiger partial charge in [0.1, 0.15) is 11.4 Å². The summed E-state index contributed by atoms with van der Waals surface area (Å²) in [5.41, 5.74) is 0.178. The standard InChI is InChI=1S/C15H19ClO4/c1-15(2,3)20-14(18)10-19-12-6-7-13(16)11(9-12)5-4-8-17/h4-7,9,17H,8,10H2,1-3H3/b5-4+. The van der Waals surface area contributed by atoms with E-state index in [0.29, 0.717) is 16.3 Å².